The van der Waals surface area contributed by atoms with Crippen LogP contribution in [0.5, 0.6) is 0 Å². The third-order valence-electron chi connectivity index (χ3n) is 3.15. The molecule has 3 rings (SSSR count). The van der Waals surface area contributed by atoms with E-state index >= 15 is 0 Å². The van der Waals surface area contributed by atoms with Gasteiger partial charge in [-0.15, -0.1) is 0 Å². The first-order chi connectivity index (χ1) is 9.56. The van der Waals surface area contributed by atoms with Crippen molar-refractivity contribution in [1.29, 1.82) is 0 Å². The molecule has 5 heteroatoms. The number of aromatic carboxylic acids is 1. The largest absolute Gasteiger partial charge is 0.478 e. The van der Waals surface area contributed by atoms with Crippen LogP contribution in [0.2, 0.25) is 0 Å². The second kappa shape index (κ2) is 4.52. The number of hydrogen-bond donors (Lipinski definition) is 1. The summed E-state index contributed by atoms with van der Waals surface area (Å²) in [6.45, 7) is 3.89. The Morgan fingerprint density at radius 2 is 2.10 bits per heavy atom. The van der Waals surface area contributed by atoms with Gasteiger partial charge in [0.25, 0.3) is 0 Å². The molecule has 0 amide bonds. The average molecular weight is 270 g/mol. The molecule has 0 atom stereocenters. The molecule has 0 unspecified atom stereocenters. The Labute approximate surface area is 115 Å². The summed E-state index contributed by atoms with van der Waals surface area (Å²) < 4.78 is 7.33. The van der Waals surface area contributed by atoms with Gasteiger partial charge >= 0.3 is 5.97 Å². The first kappa shape index (κ1) is 12.5. The fraction of sp³-hybridized carbons (Fsp3) is 0.200. The molecule has 0 aliphatic rings. The maximum atomic E-state index is 11.4. The lowest BCUT2D eigenvalue weighted by molar-refractivity contribution is 0.0697. The fourth-order valence-corrected chi connectivity index (χ4v) is 2.09. The molecule has 2 aromatic heterocycles. The van der Waals surface area contributed by atoms with Crippen molar-refractivity contribution in [2.24, 2.45) is 0 Å². The van der Waals surface area contributed by atoms with Gasteiger partial charge in [-0.05, 0) is 26.0 Å². The summed E-state index contributed by atoms with van der Waals surface area (Å²) >= 11 is 0. The van der Waals surface area contributed by atoms with Gasteiger partial charge in [-0.1, -0.05) is 18.2 Å². The molecule has 0 bridgehead atoms. The summed E-state index contributed by atoms with van der Waals surface area (Å²) in [4.78, 5) is 11.4. The van der Waals surface area contributed by atoms with Crippen LogP contribution < -0.4 is 0 Å². The minimum absolute atomic E-state index is 0.0891. The number of hydrogen-bond acceptors (Lipinski definition) is 3. The van der Waals surface area contributed by atoms with E-state index in [9.17, 15) is 9.90 Å². The molecule has 20 heavy (non-hydrogen) atoms. The molecule has 0 radical (unpaired) electrons. The van der Waals surface area contributed by atoms with E-state index < -0.39 is 5.97 Å². The van der Waals surface area contributed by atoms with Crippen LogP contribution in [0.25, 0.3) is 22.4 Å². The number of aromatic nitrogens is 2. The first-order valence-electron chi connectivity index (χ1n) is 6.37. The third kappa shape index (κ3) is 1.97. The molecule has 0 spiro atoms. The van der Waals surface area contributed by atoms with Gasteiger partial charge in [-0.3, -0.25) is 4.68 Å². The number of carboxylic acid groups (broad SMARTS) is 1. The molecule has 0 fully saturated rings. The summed E-state index contributed by atoms with van der Waals surface area (Å²) in [5.74, 6) is -0.532. The molecule has 0 saturated heterocycles. The van der Waals surface area contributed by atoms with E-state index in [1.807, 2.05) is 44.2 Å². The summed E-state index contributed by atoms with van der Waals surface area (Å²) in [5.41, 5.74) is 1.23. The second-order valence-electron chi connectivity index (χ2n) is 4.92. The van der Waals surface area contributed by atoms with Crippen molar-refractivity contribution < 1.29 is 14.3 Å². The Kier molecular flexibility index (Phi) is 2.82. The standard InChI is InChI=1S/C15H14N2O3/c1-9(2)17-8-11(15(18)19)14(16-17)13-7-10-5-3-4-6-12(10)20-13/h3-9H,1-2H3,(H,18,19). The monoisotopic (exact) mass is 270 g/mol. The minimum atomic E-state index is -1.01. The Morgan fingerprint density at radius 3 is 2.75 bits per heavy atom. The van der Waals surface area contributed by atoms with Gasteiger partial charge in [0.1, 0.15) is 16.8 Å². The zero-order valence-electron chi connectivity index (χ0n) is 11.2. The zero-order valence-corrected chi connectivity index (χ0v) is 11.2. The van der Waals surface area contributed by atoms with Gasteiger partial charge in [0.2, 0.25) is 0 Å². The van der Waals surface area contributed by atoms with Gasteiger partial charge in [0.05, 0.1) is 0 Å². The first-order valence-corrected chi connectivity index (χ1v) is 6.37. The van der Waals surface area contributed by atoms with E-state index in [2.05, 4.69) is 5.10 Å². The molecule has 0 saturated carbocycles. The van der Waals surface area contributed by atoms with E-state index in [-0.39, 0.29) is 11.6 Å². The molecule has 0 aliphatic carbocycles. The Balaban J connectivity index is 2.19. The maximum Gasteiger partial charge on any atom is 0.339 e. The molecule has 2 heterocycles. The van der Waals surface area contributed by atoms with Crippen molar-refractivity contribution in [3.05, 3.63) is 42.1 Å². The Bertz CT molecular complexity index is 750. The predicted octanol–water partition coefficient (Wildman–Crippen LogP) is 3.58. The minimum Gasteiger partial charge on any atom is -0.478 e. The number of fused-ring (bicyclic) bond motifs is 1. The summed E-state index contributed by atoms with van der Waals surface area (Å²) in [6.07, 6.45) is 1.54. The van der Waals surface area contributed by atoms with Crippen molar-refractivity contribution in [3.63, 3.8) is 0 Å². The van der Waals surface area contributed by atoms with E-state index in [4.69, 9.17) is 4.42 Å². The highest BCUT2D eigenvalue weighted by molar-refractivity contribution is 5.95. The van der Waals surface area contributed by atoms with Crippen molar-refractivity contribution in [1.82, 2.24) is 9.78 Å². The van der Waals surface area contributed by atoms with Crippen LogP contribution in [0.3, 0.4) is 0 Å². The summed E-state index contributed by atoms with van der Waals surface area (Å²) in [5, 5.41) is 14.6. The highest BCUT2D eigenvalue weighted by Gasteiger charge is 2.21. The average Bonchev–Trinajstić information content (AvgIpc) is 3.02. The van der Waals surface area contributed by atoms with Crippen LogP contribution in [0.15, 0.2) is 40.9 Å². The van der Waals surface area contributed by atoms with E-state index in [1.165, 1.54) is 6.20 Å². The van der Waals surface area contributed by atoms with Crippen LogP contribution in [-0.2, 0) is 0 Å². The fourth-order valence-electron chi connectivity index (χ4n) is 2.09. The molecule has 1 N–H and O–H groups in total. The lowest BCUT2D eigenvalue weighted by Crippen LogP contribution is -2.00. The van der Waals surface area contributed by atoms with Crippen molar-refractivity contribution in [2.45, 2.75) is 19.9 Å². The highest BCUT2D eigenvalue weighted by Crippen LogP contribution is 2.29. The summed E-state index contributed by atoms with van der Waals surface area (Å²) in [7, 11) is 0. The Hall–Kier alpha value is -2.56. The van der Waals surface area contributed by atoms with Crippen LogP contribution in [0, 0.1) is 0 Å². The number of para-hydroxylation sites is 1. The molecular formula is C15H14N2O3. The van der Waals surface area contributed by atoms with E-state index in [1.54, 1.807) is 4.68 Å². The third-order valence-corrected chi connectivity index (χ3v) is 3.15. The van der Waals surface area contributed by atoms with Crippen LogP contribution in [0.1, 0.15) is 30.2 Å². The van der Waals surface area contributed by atoms with Gasteiger partial charge in [0, 0.05) is 17.6 Å². The van der Waals surface area contributed by atoms with Gasteiger partial charge in [0.15, 0.2) is 5.76 Å². The predicted molar refractivity (Wildman–Crippen MR) is 74.8 cm³/mol. The second-order valence-corrected chi connectivity index (χ2v) is 4.92. The molecule has 3 aromatic rings. The number of nitrogens with zero attached hydrogens (tertiary/aromatic N) is 2. The SMILES string of the molecule is CC(C)n1cc(C(=O)O)c(-c2cc3ccccc3o2)n1. The van der Waals surface area contributed by atoms with Crippen molar-refractivity contribution in [3.8, 4) is 11.5 Å². The Morgan fingerprint density at radius 1 is 1.35 bits per heavy atom. The molecule has 5 nitrogen and oxygen atoms in total. The number of benzene rings is 1. The molecule has 0 aliphatic heterocycles. The van der Waals surface area contributed by atoms with Crippen molar-refractivity contribution >= 4 is 16.9 Å². The lowest BCUT2D eigenvalue weighted by Gasteiger charge is -2.02. The van der Waals surface area contributed by atoms with Crippen LogP contribution >= 0.6 is 0 Å². The maximum absolute atomic E-state index is 11.4. The molecule has 102 valence electrons. The number of furan rings is 1. The van der Waals surface area contributed by atoms with E-state index in [0.29, 0.717) is 11.5 Å². The van der Waals surface area contributed by atoms with Gasteiger partial charge in [-0.25, -0.2) is 4.79 Å². The van der Waals surface area contributed by atoms with Crippen LogP contribution in [-0.4, -0.2) is 20.9 Å². The highest BCUT2D eigenvalue weighted by atomic mass is 16.4. The number of rotatable bonds is 3. The van der Waals surface area contributed by atoms with E-state index in [0.717, 1.165) is 11.0 Å². The molecule has 1 aromatic carbocycles. The normalized spacial score (nSPS) is 11.3. The summed E-state index contributed by atoms with van der Waals surface area (Å²) in [6, 6.07) is 9.45. The van der Waals surface area contributed by atoms with Crippen molar-refractivity contribution in [2.75, 3.05) is 0 Å². The zero-order chi connectivity index (χ0) is 14.3. The quantitative estimate of drug-likeness (QED) is 0.789. The number of carboxylic acids is 1. The molecular weight excluding hydrogens is 256 g/mol. The van der Waals surface area contributed by atoms with Crippen LogP contribution in [0.4, 0.5) is 0 Å². The topological polar surface area (TPSA) is 68.3 Å². The number of carbonyl (C=O) groups is 1. The smallest absolute Gasteiger partial charge is 0.339 e. The van der Waals surface area contributed by atoms with Gasteiger partial charge in [-0.2, -0.15) is 5.10 Å². The van der Waals surface area contributed by atoms with Gasteiger partial charge < -0.3 is 9.52 Å². The lowest BCUT2D eigenvalue weighted by atomic mass is 10.2.